The van der Waals surface area contributed by atoms with Gasteiger partial charge < -0.3 is 9.31 Å². The summed E-state index contributed by atoms with van der Waals surface area (Å²) in [4.78, 5) is 2.63. The molecule has 2 aromatic rings. The third-order valence-electron chi connectivity index (χ3n) is 6.66. The van der Waals surface area contributed by atoms with Gasteiger partial charge in [-0.2, -0.15) is 0 Å². The predicted molar refractivity (Wildman–Crippen MR) is 136 cm³/mol. The molecule has 2 atom stereocenters. The Morgan fingerprint density at radius 1 is 0.656 bits per heavy atom. The quantitative estimate of drug-likeness (QED) is 0.250. The first kappa shape index (κ1) is 25.0. The molecule has 0 bridgehead atoms. The Kier molecular flexibility index (Phi) is 11.9. The van der Waals surface area contributed by atoms with E-state index in [0.717, 1.165) is 6.54 Å². The molecule has 0 N–H and O–H groups in total. The molecule has 0 aromatic heterocycles. The Morgan fingerprint density at radius 2 is 1.09 bits per heavy atom. The fourth-order valence-corrected chi connectivity index (χ4v) is 4.81. The summed E-state index contributed by atoms with van der Waals surface area (Å²) in [6.07, 6.45) is 13.6. The molecule has 174 valence electrons. The standard InChI is InChI=1S/C28H42BNO2/c1-2-3-4-5-6-7-8-9-10-17-22-30-27(25-18-13-11-14-19-25)23-31-29-32-24-28(30)26-20-15-12-16-21-26/h11-16,18-21,27-29H,2-10,17,22-24H2,1H3. The zero-order valence-electron chi connectivity index (χ0n) is 20.1. The number of nitrogens with zero attached hydrogens (tertiary/aromatic N) is 1. The van der Waals surface area contributed by atoms with Gasteiger partial charge in [-0.15, -0.1) is 0 Å². The molecule has 0 amide bonds. The van der Waals surface area contributed by atoms with Gasteiger partial charge in [0.2, 0.25) is 0 Å². The average molecular weight is 435 g/mol. The van der Waals surface area contributed by atoms with Gasteiger partial charge in [0.1, 0.15) is 0 Å². The van der Waals surface area contributed by atoms with Crippen LogP contribution in [0.15, 0.2) is 60.7 Å². The molecule has 1 saturated heterocycles. The van der Waals surface area contributed by atoms with E-state index in [1.807, 2.05) is 0 Å². The summed E-state index contributed by atoms with van der Waals surface area (Å²) in [5.74, 6) is 0. The first-order chi connectivity index (χ1) is 15.9. The highest BCUT2D eigenvalue weighted by Gasteiger charge is 2.30. The lowest BCUT2D eigenvalue weighted by Crippen LogP contribution is -2.40. The van der Waals surface area contributed by atoms with Gasteiger partial charge in [0, 0.05) is 0 Å². The largest absolute Gasteiger partial charge is 0.438 e. The first-order valence-corrected chi connectivity index (χ1v) is 12.9. The lowest BCUT2D eigenvalue weighted by molar-refractivity contribution is 0.0276. The van der Waals surface area contributed by atoms with Crippen LogP contribution in [0.5, 0.6) is 0 Å². The van der Waals surface area contributed by atoms with Crippen molar-refractivity contribution in [1.29, 1.82) is 0 Å². The molecule has 3 nitrogen and oxygen atoms in total. The van der Waals surface area contributed by atoms with Gasteiger partial charge in [-0.25, -0.2) is 0 Å². The molecule has 1 aliphatic rings. The summed E-state index contributed by atoms with van der Waals surface area (Å²) in [7, 11) is 0.374. The van der Waals surface area contributed by atoms with Crippen LogP contribution in [0.1, 0.15) is 94.3 Å². The van der Waals surface area contributed by atoms with Gasteiger partial charge >= 0.3 is 7.69 Å². The topological polar surface area (TPSA) is 21.7 Å². The van der Waals surface area contributed by atoms with Crippen LogP contribution < -0.4 is 0 Å². The molecule has 1 aliphatic heterocycles. The average Bonchev–Trinajstić information content (AvgIpc) is 2.83. The van der Waals surface area contributed by atoms with Crippen molar-refractivity contribution in [2.24, 2.45) is 0 Å². The molecular formula is C28H42BNO2. The van der Waals surface area contributed by atoms with Gasteiger partial charge in [0.15, 0.2) is 0 Å². The third kappa shape index (κ3) is 8.39. The van der Waals surface area contributed by atoms with Crippen LogP contribution in [0.3, 0.4) is 0 Å². The van der Waals surface area contributed by atoms with Crippen molar-refractivity contribution in [2.75, 3.05) is 19.8 Å². The Balaban J connectivity index is 1.58. The Hall–Kier alpha value is -1.62. The second-order valence-corrected chi connectivity index (χ2v) is 9.13. The van der Waals surface area contributed by atoms with Crippen LogP contribution in [-0.4, -0.2) is 32.3 Å². The van der Waals surface area contributed by atoms with Gasteiger partial charge in [-0.1, -0.05) is 125 Å². The van der Waals surface area contributed by atoms with Crippen molar-refractivity contribution in [1.82, 2.24) is 4.90 Å². The molecule has 1 heterocycles. The van der Waals surface area contributed by atoms with Crippen LogP contribution >= 0.6 is 0 Å². The van der Waals surface area contributed by atoms with Crippen molar-refractivity contribution in [3.8, 4) is 0 Å². The molecule has 0 radical (unpaired) electrons. The molecule has 0 saturated carbocycles. The molecule has 32 heavy (non-hydrogen) atoms. The summed E-state index contributed by atoms with van der Waals surface area (Å²) in [5, 5.41) is 0. The Morgan fingerprint density at radius 3 is 1.56 bits per heavy atom. The molecule has 1 fully saturated rings. The third-order valence-corrected chi connectivity index (χ3v) is 6.66. The fraction of sp³-hybridized carbons (Fsp3) is 0.571. The van der Waals surface area contributed by atoms with Crippen LogP contribution in [0, 0.1) is 0 Å². The van der Waals surface area contributed by atoms with Crippen molar-refractivity contribution >= 4 is 7.69 Å². The van der Waals surface area contributed by atoms with E-state index in [1.54, 1.807) is 0 Å². The molecule has 4 heteroatoms. The molecule has 2 unspecified atom stereocenters. The van der Waals surface area contributed by atoms with Crippen molar-refractivity contribution < 1.29 is 9.31 Å². The predicted octanol–water partition coefficient (Wildman–Crippen LogP) is 7.01. The van der Waals surface area contributed by atoms with Crippen LogP contribution in [0.2, 0.25) is 0 Å². The van der Waals surface area contributed by atoms with Gasteiger partial charge in [0.25, 0.3) is 0 Å². The minimum atomic E-state index is 0.254. The number of rotatable bonds is 13. The van der Waals surface area contributed by atoms with Crippen molar-refractivity contribution in [3.05, 3.63) is 71.8 Å². The van der Waals surface area contributed by atoms with E-state index < -0.39 is 0 Å². The van der Waals surface area contributed by atoms with Gasteiger partial charge in [0.05, 0.1) is 25.3 Å². The lowest BCUT2D eigenvalue weighted by Gasteiger charge is -2.40. The molecular weight excluding hydrogens is 393 g/mol. The maximum atomic E-state index is 5.89. The molecule has 2 aromatic carbocycles. The van der Waals surface area contributed by atoms with E-state index in [9.17, 15) is 0 Å². The molecule has 3 rings (SSSR count). The maximum Gasteiger partial charge on any atom is 0.438 e. The van der Waals surface area contributed by atoms with Crippen LogP contribution in [-0.2, 0) is 9.31 Å². The normalized spacial score (nSPS) is 19.8. The smallest absolute Gasteiger partial charge is 0.412 e. The molecule has 0 spiro atoms. The van der Waals surface area contributed by atoms with E-state index in [2.05, 4.69) is 72.5 Å². The second-order valence-electron chi connectivity index (χ2n) is 9.13. The van der Waals surface area contributed by atoms with E-state index in [4.69, 9.17) is 9.31 Å². The number of benzene rings is 2. The fourth-order valence-electron chi connectivity index (χ4n) is 4.81. The van der Waals surface area contributed by atoms with Crippen molar-refractivity contribution in [3.63, 3.8) is 0 Å². The van der Waals surface area contributed by atoms with Crippen LogP contribution in [0.4, 0.5) is 0 Å². The first-order valence-electron chi connectivity index (χ1n) is 12.9. The zero-order valence-corrected chi connectivity index (χ0v) is 20.1. The Bertz CT molecular complexity index is 662. The van der Waals surface area contributed by atoms with E-state index in [1.165, 1.54) is 75.3 Å². The summed E-state index contributed by atoms with van der Waals surface area (Å²) in [5.41, 5.74) is 2.67. The van der Waals surface area contributed by atoms with Gasteiger partial charge in [-0.05, 0) is 24.1 Å². The Labute approximate surface area is 196 Å². The summed E-state index contributed by atoms with van der Waals surface area (Å²) in [6, 6.07) is 22.2. The van der Waals surface area contributed by atoms with E-state index >= 15 is 0 Å². The number of unbranched alkanes of at least 4 members (excludes halogenated alkanes) is 9. The lowest BCUT2D eigenvalue weighted by atomic mass is 9.97. The monoisotopic (exact) mass is 435 g/mol. The van der Waals surface area contributed by atoms with Crippen molar-refractivity contribution in [2.45, 2.75) is 83.2 Å². The van der Waals surface area contributed by atoms with E-state index in [-0.39, 0.29) is 12.1 Å². The minimum Gasteiger partial charge on any atom is -0.412 e. The second kappa shape index (κ2) is 15.3. The highest BCUT2D eigenvalue weighted by molar-refractivity contribution is 6.17. The van der Waals surface area contributed by atoms with Gasteiger partial charge in [-0.3, -0.25) is 4.90 Å². The number of hydrogen-bond acceptors (Lipinski definition) is 3. The maximum absolute atomic E-state index is 5.89. The minimum absolute atomic E-state index is 0.254. The summed E-state index contributed by atoms with van der Waals surface area (Å²) < 4.78 is 11.8. The number of hydrogen-bond donors (Lipinski definition) is 0. The molecule has 0 aliphatic carbocycles. The summed E-state index contributed by atoms with van der Waals surface area (Å²) >= 11 is 0. The zero-order chi connectivity index (χ0) is 22.3. The highest BCUT2D eigenvalue weighted by atomic mass is 16.6. The highest BCUT2D eigenvalue weighted by Crippen LogP contribution is 2.33. The summed E-state index contributed by atoms with van der Waals surface area (Å²) in [6.45, 7) is 4.70. The van der Waals surface area contributed by atoms with E-state index in [0.29, 0.717) is 20.9 Å². The SMILES string of the molecule is CCCCCCCCCCCCN1C(c2ccccc2)COBOCC1c1ccccc1. The van der Waals surface area contributed by atoms with Crippen LogP contribution in [0.25, 0.3) is 0 Å².